The van der Waals surface area contributed by atoms with Gasteiger partial charge in [-0.1, -0.05) is 59.6 Å². The van der Waals surface area contributed by atoms with Gasteiger partial charge in [0.05, 0.1) is 11.3 Å². The fraction of sp³-hybridized carbons (Fsp3) is 0.0833. The summed E-state index contributed by atoms with van der Waals surface area (Å²) in [5.74, 6) is -0.896. The number of imide groups is 1. The minimum Gasteiger partial charge on any atom is -0.350 e. The van der Waals surface area contributed by atoms with Crippen LogP contribution in [0.5, 0.6) is 0 Å². The van der Waals surface area contributed by atoms with E-state index in [9.17, 15) is 9.59 Å². The van der Waals surface area contributed by atoms with Gasteiger partial charge in [0.1, 0.15) is 5.70 Å². The molecule has 0 aliphatic carbocycles. The number of rotatable bonds is 4. The summed E-state index contributed by atoms with van der Waals surface area (Å²) in [6.45, 7) is 3.96. The summed E-state index contributed by atoms with van der Waals surface area (Å²) >= 11 is 12.2. The van der Waals surface area contributed by atoms with Gasteiger partial charge in [-0.25, -0.2) is 4.90 Å². The molecular formula is C24H18Cl2N2O2. The Hall–Kier alpha value is -3.08. The molecule has 1 aliphatic rings. The van der Waals surface area contributed by atoms with Gasteiger partial charge in [-0.3, -0.25) is 9.59 Å². The number of benzene rings is 3. The Morgan fingerprint density at radius 1 is 0.767 bits per heavy atom. The summed E-state index contributed by atoms with van der Waals surface area (Å²) in [6, 6.07) is 19.7. The van der Waals surface area contributed by atoms with E-state index in [1.54, 1.807) is 30.3 Å². The molecule has 1 N–H and O–H groups in total. The minimum atomic E-state index is -0.462. The molecule has 0 bridgehead atoms. The van der Waals surface area contributed by atoms with Crippen molar-refractivity contribution in [1.82, 2.24) is 0 Å². The SMILES string of the molecule is Cc1cc(C)cc(NC2=C(c3ccccc3)C(=O)N(c3cc(Cl)cc(Cl)c3)C2=O)c1. The molecule has 3 aromatic rings. The van der Waals surface area contributed by atoms with E-state index in [0.717, 1.165) is 21.7 Å². The van der Waals surface area contributed by atoms with E-state index >= 15 is 0 Å². The zero-order valence-electron chi connectivity index (χ0n) is 16.4. The maximum atomic E-state index is 13.4. The molecular weight excluding hydrogens is 419 g/mol. The van der Waals surface area contributed by atoms with Gasteiger partial charge in [-0.2, -0.15) is 0 Å². The number of anilines is 2. The molecule has 0 saturated heterocycles. The molecule has 0 fully saturated rings. The minimum absolute atomic E-state index is 0.215. The van der Waals surface area contributed by atoms with E-state index in [1.165, 1.54) is 0 Å². The van der Waals surface area contributed by atoms with Gasteiger partial charge < -0.3 is 5.32 Å². The predicted octanol–water partition coefficient (Wildman–Crippen LogP) is 6.01. The molecule has 4 nitrogen and oxygen atoms in total. The Morgan fingerprint density at radius 3 is 1.97 bits per heavy atom. The van der Waals surface area contributed by atoms with Crippen LogP contribution in [-0.2, 0) is 9.59 Å². The molecule has 4 rings (SSSR count). The molecule has 0 aromatic heterocycles. The van der Waals surface area contributed by atoms with Crippen molar-refractivity contribution >= 4 is 52.0 Å². The Labute approximate surface area is 184 Å². The smallest absolute Gasteiger partial charge is 0.282 e. The van der Waals surface area contributed by atoms with Crippen molar-refractivity contribution in [3.63, 3.8) is 0 Å². The van der Waals surface area contributed by atoms with E-state index in [2.05, 4.69) is 5.32 Å². The molecule has 0 radical (unpaired) electrons. The normalized spacial score (nSPS) is 13.9. The van der Waals surface area contributed by atoms with Gasteiger partial charge in [0.25, 0.3) is 11.8 Å². The Morgan fingerprint density at radius 2 is 1.37 bits per heavy atom. The van der Waals surface area contributed by atoms with Crippen LogP contribution in [0.4, 0.5) is 11.4 Å². The van der Waals surface area contributed by atoms with Crippen molar-refractivity contribution in [2.45, 2.75) is 13.8 Å². The van der Waals surface area contributed by atoms with Crippen LogP contribution in [0.2, 0.25) is 10.0 Å². The van der Waals surface area contributed by atoms with Gasteiger partial charge in [-0.15, -0.1) is 0 Å². The van der Waals surface area contributed by atoms with Crippen molar-refractivity contribution in [3.05, 3.63) is 99.2 Å². The zero-order chi connectivity index (χ0) is 21.4. The van der Waals surface area contributed by atoms with Crippen LogP contribution >= 0.6 is 23.2 Å². The first kappa shape index (κ1) is 20.2. The van der Waals surface area contributed by atoms with Crippen LogP contribution in [0.1, 0.15) is 16.7 Å². The Bertz CT molecular complexity index is 1160. The fourth-order valence-corrected chi connectivity index (χ4v) is 4.13. The average molecular weight is 437 g/mol. The lowest BCUT2D eigenvalue weighted by Gasteiger charge is -2.16. The second kappa shape index (κ2) is 7.98. The van der Waals surface area contributed by atoms with E-state index in [1.807, 2.05) is 50.2 Å². The lowest BCUT2D eigenvalue weighted by atomic mass is 10.0. The van der Waals surface area contributed by atoms with Crippen LogP contribution in [-0.4, -0.2) is 11.8 Å². The first-order chi connectivity index (χ1) is 14.3. The molecule has 1 heterocycles. The molecule has 3 aromatic carbocycles. The third kappa shape index (κ3) is 3.84. The highest BCUT2D eigenvalue weighted by molar-refractivity contribution is 6.46. The van der Waals surface area contributed by atoms with Gasteiger partial charge in [0.15, 0.2) is 0 Å². The summed E-state index contributed by atoms with van der Waals surface area (Å²) < 4.78 is 0. The molecule has 0 spiro atoms. The van der Waals surface area contributed by atoms with Crippen molar-refractivity contribution in [3.8, 4) is 0 Å². The monoisotopic (exact) mass is 436 g/mol. The number of hydrogen-bond donors (Lipinski definition) is 1. The fourth-order valence-electron chi connectivity index (χ4n) is 3.61. The van der Waals surface area contributed by atoms with E-state index in [0.29, 0.717) is 26.9 Å². The van der Waals surface area contributed by atoms with Gasteiger partial charge in [0.2, 0.25) is 0 Å². The highest BCUT2D eigenvalue weighted by atomic mass is 35.5. The van der Waals surface area contributed by atoms with Gasteiger partial charge >= 0.3 is 0 Å². The number of carbonyl (C=O) groups excluding carboxylic acids is 2. The topological polar surface area (TPSA) is 49.4 Å². The predicted molar refractivity (Wildman–Crippen MR) is 122 cm³/mol. The van der Waals surface area contributed by atoms with Crippen LogP contribution in [0.15, 0.2) is 72.4 Å². The van der Waals surface area contributed by atoms with Crippen molar-refractivity contribution in [1.29, 1.82) is 0 Å². The molecule has 150 valence electrons. The Balaban J connectivity index is 1.84. The number of nitrogens with one attached hydrogen (secondary N) is 1. The number of aryl methyl sites for hydroxylation is 2. The number of hydrogen-bond acceptors (Lipinski definition) is 3. The molecule has 1 aliphatic heterocycles. The van der Waals surface area contributed by atoms with Crippen LogP contribution in [0, 0.1) is 13.8 Å². The van der Waals surface area contributed by atoms with Crippen LogP contribution in [0.25, 0.3) is 5.57 Å². The highest BCUT2D eigenvalue weighted by Crippen LogP contribution is 2.36. The average Bonchev–Trinajstić information content (AvgIpc) is 2.90. The third-order valence-corrected chi connectivity index (χ3v) is 5.18. The number of halogens is 2. The Kier molecular flexibility index (Phi) is 5.37. The summed E-state index contributed by atoms with van der Waals surface area (Å²) in [6.07, 6.45) is 0. The van der Waals surface area contributed by atoms with E-state index in [4.69, 9.17) is 23.2 Å². The lowest BCUT2D eigenvalue weighted by Crippen LogP contribution is -2.32. The van der Waals surface area contributed by atoms with Gasteiger partial charge in [-0.05, 0) is 60.9 Å². The first-order valence-electron chi connectivity index (χ1n) is 9.33. The number of amides is 2. The maximum Gasteiger partial charge on any atom is 0.282 e. The molecule has 0 atom stereocenters. The largest absolute Gasteiger partial charge is 0.350 e. The molecule has 2 amide bonds. The van der Waals surface area contributed by atoms with Crippen LogP contribution < -0.4 is 10.2 Å². The van der Waals surface area contributed by atoms with Crippen molar-refractivity contribution in [2.75, 3.05) is 10.2 Å². The maximum absolute atomic E-state index is 13.4. The lowest BCUT2D eigenvalue weighted by molar-refractivity contribution is -0.120. The van der Waals surface area contributed by atoms with E-state index in [-0.39, 0.29) is 5.70 Å². The third-order valence-electron chi connectivity index (χ3n) is 4.74. The number of nitrogens with zero attached hydrogens (tertiary/aromatic N) is 1. The first-order valence-corrected chi connectivity index (χ1v) is 10.1. The molecule has 0 unspecified atom stereocenters. The summed E-state index contributed by atoms with van der Waals surface area (Å²) in [5.41, 5.74) is 4.34. The van der Waals surface area contributed by atoms with Crippen LogP contribution in [0.3, 0.4) is 0 Å². The molecule has 30 heavy (non-hydrogen) atoms. The number of carbonyl (C=O) groups is 2. The quantitative estimate of drug-likeness (QED) is 0.509. The molecule has 0 saturated carbocycles. The van der Waals surface area contributed by atoms with Crippen molar-refractivity contribution < 1.29 is 9.59 Å². The van der Waals surface area contributed by atoms with Crippen molar-refractivity contribution in [2.24, 2.45) is 0 Å². The van der Waals surface area contributed by atoms with E-state index < -0.39 is 11.8 Å². The highest BCUT2D eigenvalue weighted by Gasteiger charge is 2.40. The summed E-state index contributed by atoms with van der Waals surface area (Å²) in [4.78, 5) is 27.9. The molecule has 6 heteroatoms. The zero-order valence-corrected chi connectivity index (χ0v) is 17.9. The second-order valence-corrected chi connectivity index (χ2v) is 8.06. The van der Waals surface area contributed by atoms with Gasteiger partial charge in [0, 0.05) is 15.7 Å². The summed E-state index contributed by atoms with van der Waals surface area (Å²) in [5, 5.41) is 3.87. The standard InChI is InChI=1S/C24H18Cl2N2O2/c1-14-8-15(2)10-19(9-14)27-22-21(16-6-4-3-5-7-16)23(29)28(24(22)30)20-12-17(25)11-18(26)13-20/h3-13,27H,1-2H3. The second-order valence-electron chi connectivity index (χ2n) is 7.19. The summed E-state index contributed by atoms with van der Waals surface area (Å²) in [7, 11) is 0.